The minimum Gasteiger partial charge on any atom is -0.496 e. The van der Waals surface area contributed by atoms with Gasteiger partial charge in [0.15, 0.2) is 11.6 Å². The molecule has 0 aliphatic carbocycles. The van der Waals surface area contributed by atoms with E-state index in [1.165, 1.54) is 19.2 Å². The zero-order valence-electron chi connectivity index (χ0n) is 11.3. The molecular weight excluding hydrogens is 278 g/mol. The average molecular weight is 292 g/mol. The van der Waals surface area contributed by atoms with Crippen molar-refractivity contribution in [3.63, 3.8) is 0 Å². The van der Waals surface area contributed by atoms with Crippen LogP contribution in [0, 0.1) is 17.0 Å². The number of nitrogens with one attached hydrogen (secondary N) is 1. The van der Waals surface area contributed by atoms with Crippen LogP contribution in [0.15, 0.2) is 36.4 Å². The van der Waals surface area contributed by atoms with Crippen LogP contribution in [-0.2, 0) is 6.61 Å². The van der Waals surface area contributed by atoms with Crippen molar-refractivity contribution in [3.05, 3.63) is 59.2 Å². The molecule has 2 rings (SSSR count). The molecule has 0 amide bonds. The molecule has 0 radical (unpaired) electrons. The van der Waals surface area contributed by atoms with Crippen molar-refractivity contribution in [2.24, 2.45) is 5.73 Å². The van der Waals surface area contributed by atoms with E-state index in [4.69, 9.17) is 20.6 Å². The van der Waals surface area contributed by atoms with Gasteiger partial charge in [-0.3, -0.25) is 5.41 Å². The van der Waals surface area contributed by atoms with E-state index in [9.17, 15) is 8.78 Å². The lowest BCUT2D eigenvalue weighted by Gasteiger charge is -2.11. The first-order valence-electron chi connectivity index (χ1n) is 6.11. The quantitative estimate of drug-likeness (QED) is 0.657. The van der Waals surface area contributed by atoms with Crippen LogP contribution in [0.3, 0.4) is 0 Å². The number of amidine groups is 1. The summed E-state index contributed by atoms with van der Waals surface area (Å²) in [4.78, 5) is 0. The summed E-state index contributed by atoms with van der Waals surface area (Å²) in [6.07, 6.45) is 0. The third kappa shape index (κ3) is 3.28. The van der Waals surface area contributed by atoms with E-state index in [-0.39, 0.29) is 18.2 Å². The maximum Gasteiger partial charge on any atom is 0.200 e. The summed E-state index contributed by atoms with van der Waals surface area (Å²) < 4.78 is 36.8. The Balaban J connectivity index is 2.19. The molecule has 0 spiro atoms. The lowest BCUT2D eigenvalue weighted by atomic mass is 10.1. The lowest BCUT2D eigenvalue weighted by molar-refractivity contribution is 0.284. The molecule has 0 heterocycles. The molecule has 0 atom stereocenters. The summed E-state index contributed by atoms with van der Waals surface area (Å²) in [5, 5.41) is 7.48. The van der Waals surface area contributed by atoms with Gasteiger partial charge in [-0.05, 0) is 29.8 Å². The fraction of sp³-hybridized carbons (Fsp3) is 0.133. The second-order valence-electron chi connectivity index (χ2n) is 4.29. The highest BCUT2D eigenvalue weighted by atomic mass is 19.2. The van der Waals surface area contributed by atoms with Gasteiger partial charge in [-0.1, -0.05) is 12.1 Å². The normalized spacial score (nSPS) is 10.2. The number of hydrogen-bond donors (Lipinski definition) is 2. The van der Waals surface area contributed by atoms with Crippen molar-refractivity contribution in [1.82, 2.24) is 0 Å². The first-order valence-corrected chi connectivity index (χ1v) is 6.11. The van der Waals surface area contributed by atoms with Crippen molar-refractivity contribution in [1.29, 1.82) is 5.41 Å². The molecule has 4 nitrogen and oxygen atoms in total. The van der Waals surface area contributed by atoms with E-state index in [1.54, 1.807) is 18.2 Å². The van der Waals surface area contributed by atoms with Crippen LogP contribution in [0.2, 0.25) is 0 Å². The van der Waals surface area contributed by atoms with Gasteiger partial charge in [0, 0.05) is 0 Å². The summed E-state index contributed by atoms with van der Waals surface area (Å²) >= 11 is 0. The molecule has 0 unspecified atom stereocenters. The Bertz CT molecular complexity index is 675. The first-order chi connectivity index (χ1) is 10.0. The standard InChI is InChI=1S/C15H14F2N2O2/c1-20-12-6-5-9(7-10(12)15(18)19)8-21-13-4-2-3-11(16)14(13)17/h2-7H,8H2,1H3,(H3,18,19). The summed E-state index contributed by atoms with van der Waals surface area (Å²) in [5.74, 6) is -1.85. The highest BCUT2D eigenvalue weighted by Crippen LogP contribution is 2.23. The number of rotatable bonds is 5. The van der Waals surface area contributed by atoms with Gasteiger partial charge >= 0.3 is 0 Å². The number of hydrogen-bond acceptors (Lipinski definition) is 3. The monoisotopic (exact) mass is 292 g/mol. The Kier molecular flexibility index (Phi) is 4.37. The minimum absolute atomic E-state index is 0.0185. The van der Waals surface area contributed by atoms with Crippen LogP contribution in [0.25, 0.3) is 0 Å². The average Bonchev–Trinajstić information content (AvgIpc) is 2.48. The molecule has 6 heteroatoms. The van der Waals surface area contributed by atoms with Crippen molar-refractivity contribution < 1.29 is 18.3 Å². The Morgan fingerprint density at radius 1 is 1.19 bits per heavy atom. The van der Waals surface area contributed by atoms with Gasteiger partial charge in [-0.15, -0.1) is 0 Å². The zero-order chi connectivity index (χ0) is 15.4. The molecule has 0 aliphatic heterocycles. The SMILES string of the molecule is COc1ccc(COc2cccc(F)c2F)cc1C(=N)N. The van der Waals surface area contributed by atoms with Gasteiger partial charge in [0.25, 0.3) is 0 Å². The highest BCUT2D eigenvalue weighted by Gasteiger charge is 2.11. The summed E-state index contributed by atoms with van der Waals surface area (Å²) in [6.45, 7) is 0.0185. The van der Waals surface area contributed by atoms with Crippen molar-refractivity contribution in [3.8, 4) is 11.5 Å². The van der Waals surface area contributed by atoms with Crippen LogP contribution < -0.4 is 15.2 Å². The molecule has 0 saturated heterocycles. The summed E-state index contributed by atoms with van der Waals surface area (Å²) in [5.41, 5.74) is 6.54. The summed E-state index contributed by atoms with van der Waals surface area (Å²) in [7, 11) is 1.47. The van der Waals surface area contributed by atoms with Crippen LogP contribution in [-0.4, -0.2) is 12.9 Å². The lowest BCUT2D eigenvalue weighted by Crippen LogP contribution is -2.13. The van der Waals surface area contributed by atoms with E-state index >= 15 is 0 Å². The Hall–Kier alpha value is -2.63. The number of methoxy groups -OCH3 is 1. The Labute approximate surface area is 120 Å². The van der Waals surface area contributed by atoms with Crippen LogP contribution in [0.4, 0.5) is 8.78 Å². The minimum atomic E-state index is -1.03. The third-order valence-corrected chi connectivity index (χ3v) is 2.86. The van der Waals surface area contributed by atoms with Gasteiger partial charge in [0.2, 0.25) is 5.82 Å². The molecule has 0 saturated carbocycles. The van der Waals surface area contributed by atoms with Crippen molar-refractivity contribution in [2.75, 3.05) is 7.11 Å². The van der Waals surface area contributed by atoms with Crippen molar-refractivity contribution >= 4 is 5.84 Å². The molecule has 0 aromatic heterocycles. The van der Waals surface area contributed by atoms with Crippen LogP contribution in [0.1, 0.15) is 11.1 Å². The van der Waals surface area contributed by atoms with Gasteiger partial charge in [-0.2, -0.15) is 4.39 Å². The molecule has 3 N–H and O–H groups in total. The molecule has 110 valence electrons. The molecule has 0 fully saturated rings. The van der Waals surface area contributed by atoms with Gasteiger partial charge in [0.1, 0.15) is 18.2 Å². The van der Waals surface area contributed by atoms with Crippen molar-refractivity contribution in [2.45, 2.75) is 6.61 Å². The second-order valence-corrected chi connectivity index (χ2v) is 4.29. The van der Waals surface area contributed by atoms with Gasteiger partial charge in [0.05, 0.1) is 12.7 Å². The maximum atomic E-state index is 13.5. The molecule has 0 bridgehead atoms. The maximum absolute atomic E-state index is 13.5. The van der Waals surface area contributed by atoms with Gasteiger partial charge < -0.3 is 15.2 Å². The molecular formula is C15H14F2N2O2. The first kappa shape index (κ1) is 14.8. The van der Waals surface area contributed by atoms with Crippen LogP contribution in [0.5, 0.6) is 11.5 Å². The number of nitrogens with two attached hydrogens (primary N) is 1. The fourth-order valence-electron chi connectivity index (χ4n) is 1.81. The van der Waals surface area contributed by atoms with E-state index in [2.05, 4.69) is 0 Å². The third-order valence-electron chi connectivity index (χ3n) is 2.86. The molecule has 21 heavy (non-hydrogen) atoms. The Morgan fingerprint density at radius 2 is 1.95 bits per heavy atom. The molecule has 2 aromatic rings. The molecule has 2 aromatic carbocycles. The number of nitrogen functional groups attached to an aromatic ring is 1. The fourth-order valence-corrected chi connectivity index (χ4v) is 1.81. The predicted octanol–water partition coefficient (Wildman–Crippen LogP) is 2.84. The Morgan fingerprint density at radius 3 is 2.62 bits per heavy atom. The van der Waals surface area contributed by atoms with E-state index in [0.717, 1.165) is 6.07 Å². The number of halogens is 2. The van der Waals surface area contributed by atoms with E-state index < -0.39 is 11.6 Å². The summed E-state index contributed by atoms with van der Waals surface area (Å²) in [6, 6.07) is 8.66. The topological polar surface area (TPSA) is 68.3 Å². The largest absolute Gasteiger partial charge is 0.496 e. The van der Waals surface area contributed by atoms with Gasteiger partial charge in [-0.25, -0.2) is 4.39 Å². The predicted molar refractivity (Wildman–Crippen MR) is 74.7 cm³/mol. The number of benzene rings is 2. The van der Waals surface area contributed by atoms with E-state index in [1.807, 2.05) is 0 Å². The van der Waals surface area contributed by atoms with Crippen LogP contribution >= 0.6 is 0 Å². The smallest absolute Gasteiger partial charge is 0.200 e. The van der Waals surface area contributed by atoms with E-state index in [0.29, 0.717) is 16.9 Å². The highest BCUT2D eigenvalue weighted by molar-refractivity contribution is 5.97. The zero-order valence-corrected chi connectivity index (χ0v) is 11.3. The number of ether oxygens (including phenoxy) is 2. The second kappa shape index (κ2) is 6.21. The molecule has 0 aliphatic rings.